The van der Waals surface area contributed by atoms with Gasteiger partial charge >= 0.3 is 0 Å². The molecule has 1 aliphatic carbocycles. The first-order valence-electron chi connectivity index (χ1n) is 11.9. The number of nitrogens with one attached hydrogen (secondary N) is 1. The Balaban J connectivity index is 1.18. The van der Waals surface area contributed by atoms with Crippen LogP contribution in [-0.2, 0) is 6.42 Å². The minimum Gasteiger partial charge on any atom is -0.322 e. The summed E-state index contributed by atoms with van der Waals surface area (Å²) in [5, 5.41) is 2.91. The van der Waals surface area contributed by atoms with Crippen molar-refractivity contribution in [2.24, 2.45) is 4.99 Å². The third kappa shape index (κ3) is 5.23. The average Bonchev–Trinajstić information content (AvgIpc) is 3.28. The van der Waals surface area contributed by atoms with E-state index in [9.17, 15) is 13.6 Å². The third-order valence-electron chi connectivity index (χ3n) is 6.77. The van der Waals surface area contributed by atoms with Crippen LogP contribution in [0.2, 0.25) is 0 Å². The van der Waals surface area contributed by atoms with Crippen LogP contribution < -0.4 is 5.32 Å². The Morgan fingerprint density at radius 3 is 2.69 bits per heavy atom. The highest BCUT2D eigenvalue weighted by atomic mass is 19.1. The Bertz CT molecular complexity index is 1320. The highest BCUT2D eigenvalue weighted by Crippen LogP contribution is 2.34. The van der Waals surface area contributed by atoms with Crippen molar-refractivity contribution < 1.29 is 13.6 Å². The minimum atomic E-state index is -0.367. The van der Waals surface area contributed by atoms with Gasteiger partial charge in [-0.15, -0.1) is 0 Å². The van der Waals surface area contributed by atoms with Crippen molar-refractivity contribution >= 4 is 17.3 Å². The van der Waals surface area contributed by atoms with Crippen molar-refractivity contribution in [2.75, 3.05) is 25.0 Å². The lowest BCUT2D eigenvalue weighted by Crippen LogP contribution is -2.31. The standard InChI is InChI=1S/C29H27F2N3O/c1-19-2-8-25(33-29(35)21-3-5-23(30)6-4-21)16-22(19)12-15-34-13-10-20(11-14-34)27-18-32-28-9-7-24(31)17-26(27)28/h2-8,10,16-18H,9,11-15H2,1H3,(H,33,35). The predicted octanol–water partition coefficient (Wildman–Crippen LogP) is 6.08. The number of rotatable bonds is 6. The number of aliphatic imine (C=N–C) groups is 1. The lowest BCUT2D eigenvalue weighted by atomic mass is 9.89. The summed E-state index contributed by atoms with van der Waals surface area (Å²) in [5.41, 5.74) is 7.69. The van der Waals surface area contributed by atoms with Crippen molar-refractivity contribution in [1.29, 1.82) is 0 Å². The second kappa shape index (κ2) is 9.92. The van der Waals surface area contributed by atoms with E-state index in [0.29, 0.717) is 12.0 Å². The number of carbonyl (C=O) groups excluding carboxylic acids is 1. The average molecular weight is 472 g/mol. The van der Waals surface area contributed by atoms with Gasteiger partial charge in [-0.1, -0.05) is 12.1 Å². The quantitative estimate of drug-likeness (QED) is 0.555. The van der Waals surface area contributed by atoms with Crippen LogP contribution in [-0.4, -0.2) is 36.2 Å². The number of aryl methyl sites for hydroxylation is 1. The van der Waals surface area contributed by atoms with Crippen LogP contribution in [0, 0.1) is 12.7 Å². The number of allylic oxidation sites excluding steroid dienone is 5. The number of hydrogen-bond donors (Lipinski definition) is 1. The summed E-state index contributed by atoms with van der Waals surface area (Å²) in [7, 11) is 0. The van der Waals surface area contributed by atoms with E-state index in [0.717, 1.165) is 55.0 Å². The van der Waals surface area contributed by atoms with Crippen LogP contribution in [0.25, 0.3) is 0 Å². The fourth-order valence-corrected chi connectivity index (χ4v) is 4.67. The van der Waals surface area contributed by atoms with Crippen molar-refractivity contribution in [3.05, 3.63) is 112 Å². The molecule has 3 aliphatic rings. The molecule has 5 rings (SSSR count). The summed E-state index contributed by atoms with van der Waals surface area (Å²) in [6.07, 6.45) is 9.61. The SMILES string of the molecule is Cc1ccc(NC(=O)c2ccc(F)cc2)cc1CCN1CC=C(C2=CN=C3CC=C(F)C=C23)CC1. The summed E-state index contributed by atoms with van der Waals surface area (Å²) in [6, 6.07) is 11.4. The summed E-state index contributed by atoms with van der Waals surface area (Å²) in [5.74, 6) is -0.810. The zero-order valence-corrected chi connectivity index (χ0v) is 19.7. The normalized spacial score (nSPS) is 17.6. The van der Waals surface area contributed by atoms with Crippen LogP contribution in [0.4, 0.5) is 14.5 Å². The maximum Gasteiger partial charge on any atom is 0.255 e. The number of carbonyl (C=O) groups is 1. The third-order valence-corrected chi connectivity index (χ3v) is 6.77. The summed E-state index contributed by atoms with van der Waals surface area (Å²) >= 11 is 0. The Morgan fingerprint density at radius 2 is 1.91 bits per heavy atom. The molecule has 2 aliphatic heterocycles. The van der Waals surface area contributed by atoms with E-state index < -0.39 is 0 Å². The van der Waals surface area contributed by atoms with Gasteiger partial charge in [0, 0.05) is 54.7 Å². The van der Waals surface area contributed by atoms with Gasteiger partial charge in [-0.3, -0.25) is 14.7 Å². The molecule has 6 heteroatoms. The fourth-order valence-electron chi connectivity index (χ4n) is 4.67. The molecule has 178 valence electrons. The molecule has 0 unspecified atom stereocenters. The fraction of sp³-hybridized carbons (Fsp3) is 0.241. The Kier molecular flexibility index (Phi) is 6.55. The van der Waals surface area contributed by atoms with Gasteiger partial charge in [0.05, 0.1) is 5.71 Å². The lowest BCUT2D eigenvalue weighted by molar-refractivity contribution is 0.102. The van der Waals surface area contributed by atoms with Crippen LogP contribution in [0.15, 0.2) is 94.4 Å². The molecule has 0 saturated heterocycles. The number of benzene rings is 2. The number of halogens is 2. The number of hydrogen-bond acceptors (Lipinski definition) is 3. The second-order valence-corrected chi connectivity index (χ2v) is 9.10. The molecule has 0 atom stereocenters. The monoisotopic (exact) mass is 471 g/mol. The molecule has 0 bridgehead atoms. The molecule has 0 saturated carbocycles. The van der Waals surface area contributed by atoms with Gasteiger partial charge in [-0.2, -0.15) is 0 Å². The molecular formula is C29H27F2N3O. The molecule has 1 N–H and O–H groups in total. The first-order chi connectivity index (χ1) is 17.0. The van der Waals surface area contributed by atoms with Crippen LogP contribution in [0.3, 0.4) is 0 Å². The van der Waals surface area contributed by atoms with Crippen molar-refractivity contribution in [2.45, 2.75) is 26.2 Å². The van der Waals surface area contributed by atoms with Gasteiger partial charge in [-0.25, -0.2) is 8.78 Å². The van der Waals surface area contributed by atoms with E-state index in [2.05, 4.69) is 28.2 Å². The Hall–Kier alpha value is -3.64. The first kappa shape index (κ1) is 23.1. The number of amides is 1. The number of nitrogens with zero attached hydrogens (tertiary/aromatic N) is 2. The van der Waals surface area contributed by atoms with Gasteiger partial charge in [0.2, 0.25) is 0 Å². The minimum absolute atomic E-state index is 0.184. The van der Waals surface area contributed by atoms with E-state index in [1.54, 1.807) is 12.2 Å². The van der Waals surface area contributed by atoms with Gasteiger partial charge in [0.15, 0.2) is 0 Å². The summed E-state index contributed by atoms with van der Waals surface area (Å²) < 4.78 is 26.9. The van der Waals surface area contributed by atoms with E-state index in [4.69, 9.17) is 0 Å². The molecule has 1 amide bonds. The zero-order chi connectivity index (χ0) is 24.4. The van der Waals surface area contributed by atoms with Gasteiger partial charge in [0.1, 0.15) is 11.6 Å². The predicted molar refractivity (Wildman–Crippen MR) is 136 cm³/mol. The van der Waals surface area contributed by atoms with Crippen LogP contribution in [0.1, 0.15) is 34.3 Å². The topological polar surface area (TPSA) is 44.7 Å². The summed E-state index contributed by atoms with van der Waals surface area (Å²) in [4.78, 5) is 19.4. The zero-order valence-electron chi connectivity index (χ0n) is 19.7. The van der Waals surface area contributed by atoms with E-state index in [1.807, 2.05) is 24.4 Å². The summed E-state index contributed by atoms with van der Waals surface area (Å²) in [6.45, 7) is 4.75. The van der Waals surface area contributed by atoms with Crippen molar-refractivity contribution in [1.82, 2.24) is 4.90 Å². The Labute approximate surface area is 204 Å². The molecule has 4 nitrogen and oxygen atoms in total. The maximum absolute atomic E-state index is 13.8. The van der Waals surface area contributed by atoms with Crippen LogP contribution in [0.5, 0.6) is 0 Å². The molecule has 0 fully saturated rings. The highest BCUT2D eigenvalue weighted by Gasteiger charge is 2.25. The molecule has 0 radical (unpaired) electrons. The Morgan fingerprint density at radius 1 is 1.09 bits per heavy atom. The number of fused-ring (bicyclic) bond motifs is 1. The lowest BCUT2D eigenvalue weighted by Gasteiger charge is -2.27. The van der Waals surface area contributed by atoms with Crippen molar-refractivity contribution in [3.8, 4) is 0 Å². The van der Waals surface area contributed by atoms with Gasteiger partial charge in [0.25, 0.3) is 5.91 Å². The van der Waals surface area contributed by atoms with E-state index in [-0.39, 0.29) is 17.6 Å². The van der Waals surface area contributed by atoms with Crippen molar-refractivity contribution in [3.63, 3.8) is 0 Å². The largest absolute Gasteiger partial charge is 0.322 e. The maximum atomic E-state index is 13.8. The second-order valence-electron chi connectivity index (χ2n) is 9.10. The molecule has 0 aromatic heterocycles. The van der Waals surface area contributed by atoms with Gasteiger partial charge < -0.3 is 5.32 Å². The smallest absolute Gasteiger partial charge is 0.255 e. The molecule has 2 aromatic rings. The highest BCUT2D eigenvalue weighted by molar-refractivity contribution is 6.09. The molecule has 35 heavy (non-hydrogen) atoms. The van der Waals surface area contributed by atoms with E-state index in [1.165, 1.54) is 41.0 Å². The van der Waals surface area contributed by atoms with E-state index >= 15 is 0 Å². The molecule has 0 spiro atoms. The van der Waals surface area contributed by atoms with Gasteiger partial charge in [-0.05, 0) is 85.0 Å². The molecular weight excluding hydrogens is 444 g/mol. The number of anilines is 1. The van der Waals surface area contributed by atoms with Crippen LogP contribution >= 0.6 is 0 Å². The molecule has 2 aromatic carbocycles. The molecule has 2 heterocycles. The first-order valence-corrected chi connectivity index (χ1v) is 11.9.